The number of rotatable bonds is 7. The van der Waals surface area contributed by atoms with Crippen LogP contribution in [0, 0.1) is 5.41 Å². The minimum atomic E-state index is -3.81. The van der Waals surface area contributed by atoms with E-state index < -0.39 is 10.0 Å². The number of aryl methyl sites for hydroxylation is 1. The predicted molar refractivity (Wildman–Crippen MR) is 90.3 cm³/mol. The standard InChI is InChI=1S/C16H20N4O4S/c1-12(21)11-15(22)18-8-7-13-3-5-14(6-4-13)25(23,24)20-10-9-19(2)16(20)17/h3-6,9-10,17H,7-8,11H2,1-2H3,(H,18,22). The fourth-order valence-electron chi connectivity index (χ4n) is 2.23. The Balaban J connectivity index is 2.05. The number of Topliss-reactive ketones (excluding diaryl/α,β-unsaturated/α-hetero) is 1. The van der Waals surface area contributed by atoms with Crippen molar-refractivity contribution in [1.82, 2.24) is 13.9 Å². The third kappa shape index (κ3) is 4.44. The zero-order valence-electron chi connectivity index (χ0n) is 14.0. The normalized spacial score (nSPS) is 11.3. The first-order valence-corrected chi connectivity index (χ1v) is 9.05. The maximum atomic E-state index is 12.5. The molecule has 0 fully saturated rings. The van der Waals surface area contributed by atoms with Crippen LogP contribution in [0.15, 0.2) is 41.6 Å². The third-order valence-corrected chi connectivity index (χ3v) is 5.27. The monoisotopic (exact) mass is 364 g/mol. The van der Waals surface area contributed by atoms with E-state index in [0.717, 1.165) is 9.54 Å². The number of imidazole rings is 1. The van der Waals surface area contributed by atoms with Crippen LogP contribution in [0.3, 0.4) is 0 Å². The summed E-state index contributed by atoms with van der Waals surface area (Å²) < 4.78 is 27.4. The summed E-state index contributed by atoms with van der Waals surface area (Å²) in [4.78, 5) is 22.3. The van der Waals surface area contributed by atoms with Crippen LogP contribution in [0.5, 0.6) is 0 Å². The Labute approximate surface area is 145 Å². The molecular formula is C16H20N4O4S. The number of aromatic nitrogens is 2. The molecule has 9 heteroatoms. The molecule has 8 nitrogen and oxygen atoms in total. The number of nitrogens with zero attached hydrogens (tertiary/aromatic N) is 2. The van der Waals surface area contributed by atoms with E-state index in [4.69, 9.17) is 5.41 Å². The highest BCUT2D eigenvalue weighted by atomic mass is 32.2. The van der Waals surface area contributed by atoms with Crippen molar-refractivity contribution < 1.29 is 18.0 Å². The maximum absolute atomic E-state index is 12.5. The molecule has 0 bridgehead atoms. The number of ketones is 1. The van der Waals surface area contributed by atoms with Crippen LogP contribution in [-0.4, -0.2) is 35.2 Å². The highest BCUT2D eigenvalue weighted by Gasteiger charge is 2.18. The number of hydrogen-bond donors (Lipinski definition) is 2. The lowest BCUT2D eigenvalue weighted by Gasteiger charge is -2.07. The summed E-state index contributed by atoms with van der Waals surface area (Å²) in [6.07, 6.45) is 3.21. The van der Waals surface area contributed by atoms with Gasteiger partial charge in [-0.15, -0.1) is 0 Å². The van der Waals surface area contributed by atoms with E-state index in [9.17, 15) is 18.0 Å². The summed E-state index contributed by atoms with van der Waals surface area (Å²) in [6.45, 7) is 1.72. The van der Waals surface area contributed by atoms with Gasteiger partial charge in [0.05, 0.1) is 11.3 Å². The number of nitrogens with one attached hydrogen (secondary N) is 2. The van der Waals surface area contributed by atoms with Gasteiger partial charge in [0, 0.05) is 26.0 Å². The van der Waals surface area contributed by atoms with E-state index in [2.05, 4.69) is 5.32 Å². The van der Waals surface area contributed by atoms with Crippen molar-refractivity contribution in [2.24, 2.45) is 7.05 Å². The van der Waals surface area contributed by atoms with Gasteiger partial charge in [-0.25, -0.2) is 12.4 Å². The van der Waals surface area contributed by atoms with Crippen molar-refractivity contribution in [3.63, 3.8) is 0 Å². The molecule has 2 N–H and O–H groups in total. The van der Waals surface area contributed by atoms with Gasteiger partial charge in [-0.3, -0.25) is 15.0 Å². The minimum Gasteiger partial charge on any atom is -0.355 e. The molecule has 0 unspecified atom stereocenters. The van der Waals surface area contributed by atoms with Gasteiger partial charge in [0.2, 0.25) is 11.5 Å². The van der Waals surface area contributed by atoms with Crippen LogP contribution in [-0.2, 0) is 33.1 Å². The quantitative estimate of drug-likeness (QED) is 0.682. The molecular weight excluding hydrogens is 344 g/mol. The van der Waals surface area contributed by atoms with E-state index in [0.29, 0.717) is 13.0 Å². The lowest BCUT2D eigenvalue weighted by atomic mass is 10.1. The Bertz CT molecular complexity index is 939. The summed E-state index contributed by atoms with van der Waals surface area (Å²) >= 11 is 0. The van der Waals surface area contributed by atoms with Gasteiger partial charge < -0.3 is 9.88 Å². The predicted octanol–water partition coefficient (Wildman–Crippen LogP) is 0.181. The molecule has 0 radical (unpaired) electrons. The molecule has 0 aliphatic carbocycles. The average molecular weight is 364 g/mol. The van der Waals surface area contributed by atoms with Gasteiger partial charge >= 0.3 is 0 Å². The molecule has 2 rings (SSSR count). The summed E-state index contributed by atoms with van der Waals surface area (Å²) in [5.41, 5.74) is 0.712. The fraction of sp³-hybridized carbons (Fsp3) is 0.312. The first-order chi connectivity index (χ1) is 11.7. The average Bonchev–Trinajstić information content (AvgIpc) is 2.87. The highest BCUT2D eigenvalue weighted by molar-refractivity contribution is 7.90. The largest absolute Gasteiger partial charge is 0.355 e. The zero-order valence-corrected chi connectivity index (χ0v) is 14.8. The van der Waals surface area contributed by atoms with Crippen molar-refractivity contribution in [3.05, 3.63) is 47.8 Å². The lowest BCUT2D eigenvalue weighted by Crippen LogP contribution is -2.28. The van der Waals surface area contributed by atoms with Crippen LogP contribution < -0.4 is 10.9 Å². The van der Waals surface area contributed by atoms with Crippen molar-refractivity contribution >= 4 is 21.7 Å². The van der Waals surface area contributed by atoms with Gasteiger partial charge in [0.25, 0.3) is 10.0 Å². The molecule has 0 saturated heterocycles. The Morgan fingerprint density at radius 2 is 1.80 bits per heavy atom. The summed E-state index contributed by atoms with van der Waals surface area (Å²) in [6, 6.07) is 6.28. The van der Waals surface area contributed by atoms with Gasteiger partial charge in [-0.05, 0) is 31.0 Å². The van der Waals surface area contributed by atoms with Crippen molar-refractivity contribution in [3.8, 4) is 0 Å². The van der Waals surface area contributed by atoms with Crippen LogP contribution in [0.2, 0.25) is 0 Å². The Kier molecular flexibility index (Phi) is 5.58. The van der Waals surface area contributed by atoms with E-state index in [1.54, 1.807) is 19.2 Å². The van der Waals surface area contributed by atoms with E-state index >= 15 is 0 Å². The molecule has 1 aromatic carbocycles. The summed E-state index contributed by atoms with van der Waals surface area (Å²) in [5.74, 6) is -0.519. The molecule has 2 aromatic rings. The Morgan fingerprint density at radius 3 is 2.32 bits per heavy atom. The van der Waals surface area contributed by atoms with Gasteiger partial charge in [-0.2, -0.15) is 0 Å². The number of benzene rings is 1. The zero-order chi connectivity index (χ0) is 18.6. The van der Waals surface area contributed by atoms with Crippen molar-refractivity contribution in [2.75, 3.05) is 6.54 Å². The van der Waals surface area contributed by atoms with Gasteiger partial charge in [0.15, 0.2) is 0 Å². The molecule has 0 saturated carbocycles. The van der Waals surface area contributed by atoms with Gasteiger partial charge in [-0.1, -0.05) is 12.1 Å². The SMILES string of the molecule is CC(=O)CC(=O)NCCc1ccc(S(=O)(=O)n2ccn(C)c2=N)cc1. The third-order valence-electron chi connectivity index (χ3n) is 3.59. The van der Waals surface area contributed by atoms with Crippen molar-refractivity contribution in [2.45, 2.75) is 24.7 Å². The summed E-state index contributed by atoms with van der Waals surface area (Å²) in [7, 11) is -2.22. The summed E-state index contributed by atoms with van der Waals surface area (Å²) in [5, 5.41) is 10.4. The van der Waals surface area contributed by atoms with Crippen molar-refractivity contribution in [1.29, 1.82) is 5.41 Å². The first kappa shape index (κ1) is 18.7. The molecule has 1 amide bonds. The number of carbonyl (C=O) groups excluding carboxylic acids is 2. The van der Waals surface area contributed by atoms with Crippen LogP contribution in [0.25, 0.3) is 0 Å². The number of carbonyl (C=O) groups is 2. The minimum absolute atomic E-state index is 0.0848. The van der Waals surface area contributed by atoms with Gasteiger partial charge in [0.1, 0.15) is 5.78 Å². The Hall–Kier alpha value is -2.68. The molecule has 1 heterocycles. The first-order valence-electron chi connectivity index (χ1n) is 7.61. The fourth-order valence-corrected chi connectivity index (χ4v) is 3.51. The molecule has 0 aliphatic heterocycles. The molecule has 134 valence electrons. The second-order valence-electron chi connectivity index (χ2n) is 5.66. The number of hydrogen-bond acceptors (Lipinski definition) is 5. The lowest BCUT2D eigenvalue weighted by molar-refractivity contribution is -0.127. The van der Waals surface area contributed by atoms with Crippen LogP contribution >= 0.6 is 0 Å². The molecule has 0 atom stereocenters. The number of amides is 1. The van der Waals surface area contributed by atoms with Crippen LogP contribution in [0.4, 0.5) is 0 Å². The topological polar surface area (TPSA) is 114 Å². The maximum Gasteiger partial charge on any atom is 0.270 e. The van der Waals surface area contributed by atoms with E-state index in [1.165, 1.54) is 36.0 Å². The second-order valence-corrected chi connectivity index (χ2v) is 7.47. The van der Waals surface area contributed by atoms with E-state index in [-0.39, 0.29) is 28.6 Å². The van der Waals surface area contributed by atoms with E-state index in [1.807, 2.05) is 0 Å². The molecule has 0 aliphatic rings. The molecule has 25 heavy (non-hydrogen) atoms. The smallest absolute Gasteiger partial charge is 0.270 e. The highest BCUT2D eigenvalue weighted by Crippen LogP contribution is 2.13. The second kappa shape index (κ2) is 7.47. The Morgan fingerprint density at radius 1 is 1.16 bits per heavy atom. The van der Waals surface area contributed by atoms with Crippen LogP contribution in [0.1, 0.15) is 18.9 Å². The molecule has 0 spiro atoms. The molecule has 1 aromatic heterocycles.